The molecule has 0 spiro atoms. The highest BCUT2D eigenvalue weighted by atomic mass is 32.2. The van der Waals surface area contributed by atoms with Gasteiger partial charge < -0.3 is 14.8 Å². The zero-order valence-electron chi connectivity index (χ0n) is 19.8. The maximum absolute atomic E-state index is 13.3. The Kier molecular flexibility index (Phi) is 8.40. The summed E-state index contributed by atoms with van der Waals surface area (Å²) in [4.78, 5) is 45.2. The first-order valence-electron chi connectivity index (χ1n) is 11.3. The molecule has 1 unspecified atom stereocenters. The number of rotatable bonds is 9. The van der Waals surface area contributed by atoms with Crippen molar-refractivity contribution < 1.29 is 23.9 Å². The molecule has 1 atom stereocenters. The predicted molar refractivity (Wildman–Crippen MR) is 142 cm³/mol. The van der Waals surface area contributed by atoms with Gasteiger partial charge in [-0.25, -0.2) is 9.79 Å². The summed E-state index contributed by atoms with van der Waals surface area (Å²) in [7, 11) is 1.58. The highest BCUT2D eigenvalue weighted by Crippen LogP contribution is 2.33. The van der Waals surface area contributed by atoms with Gasteiger partial charge in [-0.15, -0.1) is 11.3 Å². The second-order valence-corrected chi connectivity index (χ2v) is 9.95. The van der Waals surface area contributed by atoms with E-state index in [0.29, 0.717) is 41.0 Å². The predicted octanol–water partition coefficient (Wildman–Crippen LogP) is 5.09. The number of thiophene rings is 1. The smallest absolute Gasteiger partial charge is 0.338 e. The molecule has 3 aromatic rings. The Labute approximate surface area is 217 Å². The van der Waals surface area contributed by atoms with Crippen LogP contribution in [0.3, 0.4) is 0 Å². The number of ether oxygens (including phenoxy) is 2. The first-order valence-corrected chi connectivity index (χ1v) is 13.0. The first kappa shape index (κ1) is 25.5. The Bertz CT molecular complexity index is 1240. The van der Waals surface area contributed by atoms with Crippen LogP contribution in [0.5, 0.6) is 5.75 Å². The third kappa shape index (κ3) is 6.32. The highest BCUT2D eigenvalue weighted by molar-refractivity contribution is 8.15. The summed E-state index contributed by atoms with van der Waals surface area (Å²) in [6.45, 7) is 2.43. The second-order valence-electron chi connectivity index (χ2n) is 7.75. The Morgan fingerprint density at radius 3 is 2.47 bits per heavy atom. The molecule has 1 aliphatic rings. The molecule has 4 rings (SSSR count). The van der Waals surface area contributed by atoms with Crippen LogP contribution in [-0.4, -0.2) is 46.8 Å². The molecule has 8 nitrogen and oxygen atoms in total. The molecule has 2 amide bonds. The third-order valence-corrected chi connectivity index (χ3v) is 7.30. The number of hydrogen-bond donors (Lipinski definition) is 1. The van der Waals surface area contributed by atoms with Crippen molar-refractivity contribution in [2.45, 2.75) is 25.1 Å². The molecular weight excluding hydrogens is 498 g/mol. The van der Waals surface area contributed by atoms with E-state index in [1.165, 1.54) is 11.8 Å². The van der Waals surface area contributed by atoms with E-state index in [4.69, 9.17) is 9.47 Å². The maximum atomic E-state index is 13.3. The van der Waals surface area contributed by atoms with Crippen LogP contribution in [0.15, 0.2) is 71.0 Å². The SMILES string of the molecule is CCOC(=O)c1ccc(N=C2SC(CC(=O)Nc3ccc(OC)cc3)C(=O)N2Cc2cccs2)cc1. The summed E-state index contributed by atoms with van der Waals surface area (Å²) in [5, 5.41) is 4.70. The minimum absolute atomic E-state index is 0.0112. The molecule has 1 N–H and O–H groups in total. The van der Waals surface area contributed by atoms with Crippen molar-refractivity contribution in [1.82, 2.24) is 4.90 Å². The largest absolute Gasteiger partial charge is 0.497 e. The standard InChI is InChI=1S/C26H25N3O5S2/c1-3-34-25(32)17-6-8-19(9-7-17)28-26-29(16-21-5-4-14-35-21)24(31)22(36-26)15-23(30)27-18-10-12-20(33-2)13-11-18/h4-14,22H,3,15-16H2,1-2H3,(H,27,30). The van der Waals surface area contributed by atoms with Gasteiger partial charge in [0, 0.05) is 17.0 Å². The monoisotopic (exact) mass is 523 g/mol. The maximum Gasteiger partial charge on any atom is 0.338 e. The number of nitrogens with zero attached hydrogens (tertiary/aromatic N) is 2. The van der Waals surface area contributed by atoms with E-state index in [2.05, 4.69) is 10.3 Å². The molecule has 1 aliphatic heterocycles. The third-order valence-electron chi connectivity index (χ3n) is 5.26. The summed E-state index contributed by atoms with van der Waals surface area (Å²) < 4.78 is 10.2. The Morgan fingerprint density at radius 1 is 1.08 bits per heavy atom. The number of esters is 1. The van der Waals surface area contributed by atoms with Crippen molar-refractivity contribution in [3.63, 3.8) is 0 Å². The van der Waals surface area contributed by atoms with Gasteiger partial charge in [-0.05, 0) is 66.9 Å². The number of carbonyl (C=O) groups is 3. The van der Waals surface area contributed by atoms with Crippen molar-refractivity contribution in [3.05, 3.63) is 76.5 Å². The number of carbonyl (C=O) groups excluding carboxylic acids is 3. The van der Waals surface area contributed by atoms with Crippen LogP contribution >= 0.6 is 23.1 Å². The molecule has 1 aromatic heterocycles. The molecule has 10 heteroatoms. The molecule has 1 saturated heterocycles. The van der Waals surface area contributed by atoms with Gasteiger partial charge in [0.25, 0.3) is 0 Å². The number of amidine groups is 1. The minimum Gasteiger partial charge on any atom is -0.497 e. The molecule has 2 heterocycles. The number of aliphatic imine (C=N–C) groups is 1. The van der Waals surface area contributed by atoms with Crippen molar-refractivity contribution in [2.75, 3.05) is 19.0 Å². The van der Waals surface area contributed by atoms with Crippen LogP contribution in [0.25, 0.3) is 0 Å². The van der Waals surface area contributed by atoms with Crippen LogP contribution in [0.1, 0.15) is 28.6 Å². The quantitative estimate of drug-likeness (QED) is 0.392. The second kappa shape index (κ2) is 11.9. The Balaban J connectivity index is 1.50. The average Bonchev–Trinajstić information content (AvgIpc) is 3.49. The van der Waals surface area contributed by atoms with Crippen LogP contribution in [0.4, 0.5) is 11.4 Å². The topological polar surface area (TPSA) is 97.3 Å². The van der Waals surface area contributed by atoms with E-state index in [9.17, 15) is 14.4 Å². The molecule has 186 valence electrons. The van der Waals surface area contributed by atoms with Gasteiger partial charge in [0.15, 0.2) is 5.17 Å². The van der Waals surface area contributed by atoms with Crippen LogP contribution in [-0.2, 0) is 20.9 Å². The summed E-state index contributed by atoms with van der Waals surface area (Å²) in [6.07, 6.45) is 0.0112. The number of nitrogens with one attached hydrogen (secondary N) is 1. The van der Waals surface area contributed by atoms with E-state index in [0.717, 1.165) is 4.88 Å². The Morgan fingerprint density at radius 2 is 1.83 bits per heavy atom. The summed E-state index contributed by atoms with van der Waals surface area (Å²) >= 11 is 2.82. The molecule has 0 radical (unpaired) electrons. The number of anilines is 1. The highest BCUT2D eigenvalue weighted by Gasteiger charge is 2.39. The molecule has 0 bridgehead atoms. The lowest BCUT2D eigenvalue weighted by atomic mass is 10.2. The lowest BCUT2D eigenvalue weighted by Crippen LogP contribution is -2.32. The summed E-state index contributed by atoms with van der Waals surface area (Å²) in [5.74, 6) is -0.137. The fraction of sp³-hybridized carbons (Fsp3) is 0.231. The van der Waals surface area contributed by atoms with Crippen LogP contribution in [0, 0.1) is 0 Å². The van der Waals surface area contributed by atoms with Gasteiger partial charge in [0.05, 0.1) is 31.5 Å². The van der Waals surface area contributed by atoms with E-state index in [1.54, 1.807) is 78.8 Å². The van der Waals surface area contributed by atoms with Gasteiger partial charge in [0.1, 0.15) is 11.0 Å². The molecular formula is C26H25N3O5S2. The van der Waals surface area contributed by atoms with E-state index in [-0.39, 0.29) is 18.2 Å². The van der Waals surface area contributed by atoms with E-state index >= 15 is 0 Å². The van der Waals surface area contributed by atoms with Gasteiger partial charge in [-0.2, -0.15) is 0 Å². The molecule has 36 heavy (non-hydrogen) atoms. The number of thioether (sulfide) groups is 1. The minimum atomic E-state index is -0.597. The molecule has 0 saturated carbocycles. The number of benzene rings is 2. The number of methoxy groups -OCH3 is 1. The normalized spacial score (nSPS) is 16.3. The van der Waals surface area contributed by atoms with Crippen molar-refractivity contribution in [2.24, 2.45) is 4.99 Å². The number of hydrogen-bond acceptors (Lipinski definition) is 8. The van der Waals surface area contributed by atoms with Crippen molar-refractivity contribution in [1.29, 1.82) is 0 Å². The average molecular weight is 524 g/mol. The lowest BCUT2D eigenvalue weighted by Gasteiger charge is -2.15. The molecule has 0 aliphatic carbocycles. The fourth-order valence-corrected chi connectivity index (χ4v) is 5.33. The zero-order valence-corrected chi connectivity index (χ0v) is 21.4. The summed E-state index contributed by atoms with van der Waals surface area (Å²) in [6, 6.07) is 17.6. The van der Waals surface area contributed by atoms with Crippen LogP contribution in [0.2, 0.25) is 0 Å². The van der Waals surface area contributed by atoms with Crippen LogP contribution < -0.4 is 10.1 Å². The summed E-state index contributed by atoms with van der Waals surface area (Å²) in [5.41, 5.74) is 1.65. The molecule has 1 fully saturated rings. The van der Waals surface area contributed by atoms with Gasteiger partial charge in [0.2, 0.25) is 11.8 Å². The lowest BCUT2D eigenvalue weighted by molar-refractivity contribution is -0.128. The van der Waals surface area contributed by atoms with Gasteiger partial charge in [-0.1, -0.05) is 17.8 Å². The fourth-order valence-electron chi connectivity index (χ4n) is 3.48. The Hall–Kier alpha value is -3.63. The number of amides is 2. The van der Waals surface area contributed by atoms with E-state index < -0.39 is 11.2 Å². The van der Waals surface area contributed by atoms with Gasteiger partial charge in [-0.3, -0.25) is 14.5 Å². The van der Waals surface area contributed by atoms with E-state index in [1.807, 2.05) is 17.5 Å². The van der Waals surface area contributed by atoms with Crippen molar-refractivity contribution >= 4 is 57.4 Å². The zero-order chi connectivity index (χ0) is 25.5. The van der Waals surface area contributed by atoms with Crippen molar-refractivity contribution in [3.8, 4) is 5.75 Å². The first-order chi connectivity index (χ1) is 17.5. The molecule has 2 aromatic carbocycles. The van der Waals surface area contributed by atoms with Gasteiger partial charge >= 0.3 is 5.97 Å².